The number of carbonyl (C=O) groups excluding carboxylic acids is 2. The number of piperidine rings is 1. The lowest BCUT2D eigenvalue weighted by Crippen LogP contribution is -2.44. The van der Waals surface area contributed by atoms with Gasteiger partial charge < -0.3 is 10.1 Å². The summed E-state index contributed by atoms with van der Waals surface area (Å²) in [5, 5.41) is 2.82. The Morgan fingerprint density at radius 1 is 1.36 bits per heavy atom. The maximum Gasteiger partial charge on any atom is 0.337 e. The van der Waals surface area contributed by atoms with Crippen molar-refractivity contribution >= 4 is 27.6 Å². The summed E-state index contributed by atoms with van der Waals surface area (Å²) in [6.45, 7) is 4.07. The van der Waals surface area contributed by atoms with Crippen LogP contribution in [0, 0.1) is 12.8 Å². The fourth-order valence-corrected chi connectivity index (χ4v) is 4.01. The molecule has 0 aliphatic carbocycles. The summed E-state index contributed by atoms with van der Waals surface area (Å²) in [4.78, 5) is 24.2. The highest BCUT2D eigenvalue weighted by atomic mass is 32.2. The molecular formula is C17H24N2O5S. The number of nitrogens with one attached hydrogen (secondary N) is 1. The van der Waals surface area contributed by atoms with E-state index in [0.717, 1.165) is 5.56 Å². The number of hydrogen-bond donors (Lipinski definition) is 1. The zero-order valence-corrected chi connectivity index (χ0v) is 15.6. The van der Waals surface area contributed by atoms with Crippen molar-refractivity contribution in [1.29, 1.82) is 0 Å². The lowest BCUT2D eigenvalue weighted by Gasteiger charge is -2.31. The van der Waals surface area contributed by atoms with Crippen LogP contribution in [0.2, 0.25) is 0 Å². The van der Waals surface area contributed by atoms with Gasteiger partial charge in [-0.1, -0.05) is 6.07 Å². The Morgan fingerprint density at radius 3 is 2.72 bits per heavy atom. The SMILES string of the molecule is CCS(=O)(=O)N1CCCC(C(=O)Nc2cc(C(=O)OC)ccc2C)C1. The van der Waals surface area contributed by atoms with Gasteiger partial charge in [-0.3, -0.25) is 4.79 Å². The normalized spacial score (nSPS) is 18.6. The number of ether oxygens (including phenoxy) is 1. The van der Waals surface area contributed by atoms with Gasteiger partial charge in [-0.15, -0.1) is 0 Å². The van der Waals surface area contributed by atoms with Crippen LogP contribution in [-0.2, 0) is 19.6 Å². The third kappa shape index (κ3) is 4.58. The fourth-order valence-electron chi connectivity index (χ4n) is 2.83. The topological polar surface area (TPSA) is 92.8 Å². The van der Waals surface area contributed by atoms with Gasteiger partial charge in [0.1, 0.15) is 0 Å². The molecule has 1 aliphatic heterocycles. The quantitative estimate of drug-likeness (QED) is 0.800. The molecule has 8 heteroatoms. The maximum absolute atomic E-state index is 12.6. The van der Waals surface area contributed by atoms with E-state index in [1.54, 1.807) is 25.1 Å². The number of aryl methyl sites for hydroxylation is 1. The van der Waals surface area contributed by atoms with Gasteiger partial charge in [-0.25, -0.2) is 17.5 Å². The van der Waals surface area contributed by atoms with E-state index in [2.05, 4.69) is 5.32 Å². The molecule has 1 fully saturated rings. The van der Waals surface area contributed by atoms with Crippen LogP contribution >= 0.6 is 0 Å². The molecule has 0 bridgehead atoms. The smallest absolute Gasteiger partial charge is 0.337 e. The van der Waals surface area contributed by atoms with Crippen LogP contribution in [0.5, 0.6) is 0 Å². The van der Waals surface area contributed by atoms with E-state index >= 15 is 0 Å². The lowest BCUT2D eigenvalue weighted by atomic mass is 9.98. The summed E-state index contributed by atoms with van der Waals surface area (Å²) in [5.74, 6) is -1.09. The number of nitrogens with zero attached hydrogens (tertiary/aromatic N) is 1. The molecule has 25 heavy (non-hydrogen) atoms. The van der Waals surface area contributed by atoms with Gasteiger partial charge in [-0.05, 0) is 44.4 Å². The summed E-state index contributed by atoms with van der Waals surface area (Å²) in [5.41, 5.74) is 1.69. The first-order chi connectivity index (χ1) is 11.8. The van der Waals surface area contributed by atoms with Crippen molar-refractivity contribution in [1.82, 2.24) is 4.31 Å². The Balaban J connectivity index is 2.13. The summed E-state index contributed by atoms with van der Waals surface area (Å²) in [6.07, 6.45) is 1.29. The molecule has 0 saturated carbocycles. The van der Waals surface area contributed by atoms with E-state index in [1.165, 1.54) is 11.4 Å². The zero-order valence-electron chi connectivity index (χ0n) is 14.7. The van der Waals surface area contributed by atoms with Crippen LogP contribution in [0.25, 0.3) is 0 Å². The molecule has 7 nitrogen and oxygen atoms in total. The lowest BCUT2D eigenvalue weighted by molar-refractivity contribution is -0.120. The second-order valence-electron chi connectivity index (χ2n) is 6.11. The van der Waals surface area contributed by atoms with Crippen molar-refractivity contribution < 1.29 is 22.7 Å². The minimum absolute atomic E-state index is 0.0294. The molecule has 1 aliphatic rings. The Kier molecular flexibility index (Phi) is 6.18. The van der Waals surface area contributed by atoms with E-state index in [4.69, 9.17) is 4.74 Å². The summed E-state index contributed by atoms with van der Waals surface area (Å²) >= 11 is 0. The molecule has 0 radical (unpaired) electrons. The molecule has 0 spiro atoms. The molecule has 1 unspecified atom stereocenters. The van der Waals surface area contributed by atoms with Crippen LogP contribution < -0.4 is 5.32 Å². The van der Waals surface area contributed by atoms with E-state index in [9.17, 15) is 18.0 Å². The molecule has 1 aromatic rings. The Bertz CT molecular complexity index is 760. The number of rotatable bonds is 5. The van der Waals surface area contributed by atoms with Gasteiger partial charge in [0, 0.05) is 18.8 Å². The van der Waals surface area contributed by atoms with Gasteiger partial charge in [0.15, 0.2) is 0 Å². The second kappa shape index (κ2) is 7.97. The van der Waals surface area contributed by atoms with Gasteiger partial charge in [0.05, 0.1) is 24.3 Å². The van der Waals surface area contributed by atoms with E-state index in [-0.39, 0.29) is 18.2 Å². The average molecular weight is 368 g/mol. The molecule has 1 atom stereocenters. The average Bonchev–Trinajstić information content (AvgIpc) is 2.62. The van der Waals surface area contributed by atoms with Gasteiger partial charge >= 0.3 is 5.97 Å². The number of anilines is 1. The zero-order chi connectivity index (χ0) is 18.6. The number of hydrogen-bond acceptors (Lipinski definition) is 5. The summed E-state index contributed by atoms with van der Waals surface area (Å²) < 4.78 is 30.1. The van der Waals surface area contributed by atoms with Gasteiger partial charge in [0.2, 0.25) is 15.9 Å². The summed E-state index contributed by atoms with van der Waals surface area (Å²) in [7, 11) is -2.00. The van der Waals surface area contributed by atoms with Crippen molar-refractivity contribution in [3.8, 4) is 0 Å². The first-order valence-electron chi connectivity index (χ1n) is 8.26. The standard InChI is InChI=1S/C17H24N2O5S/c1-4-25(22,23)19-9-5-6-14(11-19)16(20)18-15-10-13(17(21)24-3)8-7-12(15)2/h7-8,10,14H,4-6,9,11H2,1-3H3,(H,18,20). The number of sulfonamides is 1. The van der Waals surface area contributed by atoms with Crippen molar-refractivity contribution in [2.24, 2.45) is 5.92 Å². The predicted molar refractivity (Wildman–Crippen MR) is 94.9 cm³/mol. The predicted octanol–water partition coefficient (Wildman–Crippen LogP) is 1.78. The highest BCUT2D eigenvalue weighted by Crippen LogP contribution is 2.23. The van der Waals surface area contributed by atoms with Gasteiger partial charge in [-0.2, -0.15) is 0 Å². The minimum atomic E-state index is -3.30. The highest BCUT2D eigenvalue weighted by molar-refractivity contribution is 7.89. The molecular weight excluding hydrogens is 344 g/mol. The van der Waals surface area contributed by atoms with E-state index in [0.29, 0.717) is 30.6 Å². The second-order valence-corrected chi connectivity index (χ2v) is 8.37. The molecule has 0 aromatic heterocycles. The molecule has 1 aromatic carbocycles. The van der Waals surface area contributed by atoms with Crippen molar-refractivity contribution in [3.05, 3.63) is 29.3 Å². The number of benzene rings is 1. The number of amides is 1. The third-order valence-corrected chi connectivity index (χ3v) is 6.28. The number of carbonyl (C=O) groups is 2. The van der Waals surface area contributed by atoms with Gasteiger partial charge in [0.25, 0.3) is 0 Å². The third-order valence-electron chi connectivity index (χ3n) is 4.43. The largest absolute Gasteiger partial charge is 0.465 e. The molecule has 1 N–H and O–H groups in total. The van der Waals surface area contributed by atoms with Crippen LogP contribution in [-0.4, -0.2) is 50.6 Å². The first kappa shape index (κ1) is 19.4. The summed E-state index contributed by atoms with van der Waals surface area (Å²) in [6, 6.07) is 4.94. The number of esters is 1. The fraction of sp³-hybridized carbons (Fsp3) is 0.529. The van der Waals surface area contributed by atoms with Crippen LogP contribution in [0.4, 0.5) is 5.69 Å². The Morgan fingerprint density at radius 2 is 2.08 bits per heavy atom. The van der Waals surface area contributed by atoms with Crippen LogP contribution in [0.1, 0.15) is 35.7 Å². The van der Waals surface area contributed by atoms with Crippen molar-refractivity contribution in [3.63, 3.8) is 0 Å². The van der Waals surface area contributed by atoms with Crippen LogP contribution in [0.3, 0.4) is 0 Å². The van der Waals surface area contributed by atoms with E-state index < -0.39 is 21.9 Å². The first-order valence-corrected chi connectivity index (χ1v) is 9.87. The number of methoxy groups -OCH3 is 1. The Hall–Kier alpha value is -1.93. The molecule has 1 amide bonds. The molecule has 1 saturated heterocycles. The highest BCUT2D eigenvalue weighted by Gasteiger charge is 2.31. The molecule has 1 heterocycles. The van der Waals surface area contributed by atoms with E-state index in [1.807, 2.05) is 6.92 Å². The Labute approximate surface area is 148 Å². The van der Waals surface area contributed by atoms with Crippen LogP contribution in [0.15, 0.2) is 18.2 Å². The monoisotopic (exact) mass is 368 g/mol. The van der Waals surface area contributed by atoms with Crippen molar-refractivity contribution in [2.75, 3.05) is 31.3 Å². The minimum Gasteiger partial charge on any atom is -0.465 e. The maximum atomic E-state index is 12.6. The van der Waals surface area contributed by atoms with Crippen molar-refractivity contribution in [2.45, 2.75) is 26.7 Å². The molecule has 138 valence electrons. The molecule has 2 rings (SSSR count).